The van der Waals surface area contributed by atoms with E-state index in [4.69, 9.17) is 5.11 Å². The first-order valence-corrected chi connectivity index (χ1v) is 6.51. The Kier molecular flexibility index (Phi) is 5.59. The Morgan fingerprint density at radius 3 is 2.63 bits per heavy atom. The zero-order valence-electron chi connectivity index (χ0n) is 11.3. The largest absolute Gasteiger partial charge is 0.481 e. The lowest BCUT2D eigenvalue weighted by atomic mass is 10.1. The Balaban J connectivity index is 2.39. The van der Waals surface area contributed by atoms with Gasteiger partial charge < -0.3 is 20.6 Å². The molecule has 0 aromatic heterocycles. The number of nitrogens with zero attached hydrogens (tertiary/aromatic N) is 1. The Morgan fingerprint density at radius 2 is 2.11 bits per heavy atom. The third-order valence-corrected chi connectivity index (χ3v) is 3.11. The monoisotopic (exact) mass is 271 g/mol. The summed E-state index contributed by atoms with van der Waals surface area (Å²) in [5, 5.41) is 14.1. The molecule has 2 atom stereocenters. The lowest BCUT2D eigenvalue weighted by Gasteiger charge is -2.20. The maximum Gasteiger partial charge on any atom is 0.318 e. The fourth-order valence-corrected chi connectivity index (χ4v) is 1.89. The first-order chi connectivity index (χ1) is 8.95. The molecule has 3 N–H and O–H groups in total. The van der Waals surface area contributed by atoms with E-state index < -0.39 is 17.9 Å². The third kappa shape index (κ3) is 4.42. The zero-order valence-corrected chi connectivity index (χ0v) is 11.3. The van der Waals surface area contributed by atoms with Gasteiger partial charge in [0.15, 0.2) is 0 Å². The van der Waals surface area contributed by atoms with Crippen LogP contribution in [0.15, 0.2) is 0 Å². The van der Waals surface area contributed by atoms with Crippen LogP contribution in [-0.2, 0) is 9.59 Å². The number of carboxylic acids is 1. The number of carbonyl (C=O) groups excluding carboxylic acids is 2. The average molecular weight is 271 g/mol. The van der Waals surface area contributed by atoms with E-state index in [0.29, 0.717) is 19.5 Å². The molecule has 1 fully saturated rings. The number of carbonyl (C=O) groups is 3. The number of aliphatic carboxylic acids is 1. The summed E-state index contributed by atoms with van der Waals surface area (Å²) < 4.78 is 0. The van der Waals surface area contributed by atoms with Gasteiger partial charge in [-0.15, -0.1) is 0 Å². The molecule has 108 valence electrons. The van der Waals surface area contributed by atoms with Crippen molar-refractivity contribution in [2.75, 3.05) is 19.6 Å². The molecule has 7 nitrogen and oxygen atoms in total. The molecule has 0 aromatic rings. The van der Waals surface area contributed by atoms with Crippen molar-refractivity contribution in [1.82, 2.24) is 15.5 Å². The molecule has 0 saturated carbocycles. The van der Waals surface area contributed by atoms with Crippen molar-refractivity contribution < 1.29 is 19.5 Å². The molecule has 0 aliphatic carbocycles. The summed E-state index contributed by atoms with van der Waals surface area (Å²) in [4.78, 5) is 35.7. The topological polar surface area (TPSA) is 98.7 Å². The van der Waals surface area contributed by atoms with Crippen LogP contribution in [0.5, 0.6) is 0 Å². The molecule has 1 heterocycles. The number of nitrogens with one attached hydrogen (secondary N) is 2. The van der Waals surface area contributed by atoms with Gasteiger partial charge in [-0.3, -0.25) is 9.59 Å². The zero-order chi connectivity index (χ0) is 14.4. The molecule has 1 aliphatic heterocycles. The Labute approximate surface area is 112 Å². The van der Waals surface area contributed by atoms with Gasteiger partial charge in [0, 0.05) is 19.6 Å². The van der Waals surface area contributed by atoms with Crippen LogP contribution in [-0.4, -0.2) is 53.6 Å². The van der Waals surface area contributed by atoms with Crippen LogP contribution in [0.25, 0.3) is 0 Å². The molecule has 0 aromatic carbocycles. The van der Waals surface area contributed by atoms with E-state index in [-0.39, 0.29) is 18.5 Å². The van der Waals surface area contributed by atoms with Crippen LogP contribution in [0.1, 0.15) is 26.7 Å². The summed E-state index contributed by atoms with van der Waals surface area (Å²) >= 11 is 0. The average Bonchev–Trinajstić information content (AvgIpc) is 2.85. The highest BCUT2D eigenvalue weighted by Crippen LogP contribution is 2.16. The van der Waals surface area contributed by atoms with Crippen molar-refractivity contribution in [3.05, 3.63) is 0 Å². The molecule has 1 aliphatic rings. The molecule has 0 radical (unpaired) electrons. The number of hydrogen-bond acceptors (Lipinski definition) is 3. The van der Waals surface area contributed by atoms with Gasteiger partial charge in [-0.1, -0.05) is 6.92 Å². The SMILES string of the molecule is CCCNC(=O)C(C)NC(=O)N1CCC(C(=O)O)C1. The molecule has 7 heteroatoms. The first-order valence-electron chi connectivity index (χ1n) is 6.51. The highest BCUT2D eigenvalue weighted by molar-refractivity contribution is 5.87. The molecule has 3 amide bonds. The summed E-state index contributed by atoms with van der Waals surface area (Å²) in [6.45, 7) is 4.73. The molecule has 0 spiro atoms. The van der Waals surface area contributed by atoms with Gasteiger partial charge in [0.2, 0.25) is 5.91 Å². The van der Waals surface area contributed by atoms with Crippen molar-refractivity contribution in [1.29, 1.82) is 0 Å². The normalized spacial score (nSPS) is 19.9. The predicted octanol–water partition coefficient (Wildman–Crippen LogP) is 0.0172. The highest BCUT2D eigenvalue weighted by Gasteiger charge is 2.31. The first kappa shape index (κ1) is 15.3. The maximum atomic E-state index is 11.8. The van der Waals surface area contributed by atoms with E-state index in [1.54, 1.807) is 6.92 Å². The van der Waals surface area contributed by atoms with Crippen LogP contribution < -0.4 is 10.6 Å². The quantitative estimate of drug-likeness (QED) is 0.656. The lowest BCUT2D eigenvalue weighted by molar-refractivity contribution is -0.141. The summed E-state index contributed by atoms with van der Waals surface area (Å²) in [6.07, 6.45) is 1.29. The van der Waals surface area contributed by atoms with E-state index in [9.17, 15) is 14.4 Å². The van der Waals surface area contributed by atoms with Crippen LogP contribution in [0.2, 0.25) is 0 Å². The fraction of sp³-hybridized carbons (Fsp3) is 0.750. The van der Waals surface area contributed by atoms with Gasteiger partial charge in [-0.25, -0.2) is 4.79 Å². The number of rotatable bonds is 5. The smallest absolute Gasteiger partial charge is 0.318 e. The van der Waals surface area contributed by atoms with Gasteiger partial charge in [-0.2, -0.15) is 0 Å². The van der Waals surface area contributed by atoms with Gasteiger partial charge in [-0.05, 0) is 19.8 Å². The van der Waals surface area contributed by atoms with Crippen LogP contribution in [0.4, 0.5) is 4.79 Å². The van der Waals surface area contributed by atoms with E-state index in [1.807, 2.05) is 6.92 Å². The van der Waals surface area contributed by atoms with E-state index in [2.05, 4.69) is 10.6 Å². The minimum absolute atomic E-state index is 0.199. The van der Waals surface area contributed by atoms with Crippen LogP contribution in [0, 0.1) is 5.92 Å². The second kappa shape index (κ2) is 6.96. The third-order valence-electron chi connectivity index (χ3n) is 3.11. The molecule has 2 unspecified atom stereocenters. The van der Waals surface area contributed by atoms with Crippen LogP contribution >= 0.6 is 0 Å². The van der Waals surface area contributed by atoms with Crippen molar-refractivity contribution in [2.24, 2.45) is 5.92 Å². The molecule has 1 rings (SSSR count). The summed E-state index contributed by atoms with van der Waals surface area (Å²) in [5.41, 5.74) is 0. The summed E-state index contributed by atoms with van der Waals surface area (Å²) in [6, 6.07) is -1.01. The van der Waals surface area contributed by atoms with Crippen molar-refractivity contribution >= 4 is 17.9 Å². The standard InChI is InChI=1S/C12H21N3O4/c1-3-5-13-10(16)8(2)14-12(19)15-6-4-9(7-15)11(17)18/h8-9H,3-7H2,1-2H3,(H,13,16)(H,14,19)(H,17,18). The van der Waals surface area contributed by atoms with E-state index in [0.717, 1.165) is 6.42 Å². The molecule has 19 heavy (non-hydrogen) atoms. The van der Waals surface area contributed by atoms with Crippen molar-refractivity contribution in [2.45, 2.75) is 32.7 Å². The minimum atomic E-state index is -0.885. The molecule has 1 saturated heterocycles. The van der Waals surface area contributed by atoms with Gasteiger partial charge in [0.25, 0.3) is 0 Å². The maximum absolute atomic E-state index is 11.8. The fourth-order valence-electron chi connectivity index (χ4n) is 1.89. The molecular weight excluding hydrogens is 250 g/mol. The van der Waals surface area contributed by atoms with Crippen molar-refractivity contribution in [3.8, 4) is 0 Å². The van der Waals surface area contributed by atoms with E-state index >= 15 is 0 Å². The number of carboxylic acid groups (broad SMARTS) is 1. The number of likely N-dealkylation sites (tertiary alicyclic amines) is 1. The summed E-state index contributed by atoms with van der Waals surface area (Å²) in [7, 11) is 0. The van der Waals surface area contributed by atoms with E-state index in [1.165, 1.54) is 4.90 Å². The van der Waals surface area contributed by atoms with Crippen LogP contribution in [0.3, 0.4) is 0 Å². The summed E-state index contributed by atoms with van der Waals surface area (Å²) in [5.74, 6) is -1.62. The Morgan fingerprint density at radius 1 is 1.42 bits per heavy atom. The Hall–Kier alpha value is -1.79. The predicted molar refractivity (Wildman–Crippen MR) is 68.6 cm³/mol. The van der Waals surface area contributed by atoms with Gasteiger partial charge >= 0.3 is 12.0 Å². The number of hydrogen-bond donors (Lipinski definition) is 3. The Bertz CT molecular complexity index is 359. The number of urea groups is 1. The van der Waals surface area contributed by atoms with Gasteiger partial charge in [0.05, 0.1) is 5.92 Å². The number of amides is 3. The lowest BCUT2D eigenvalue weighted by Crippen LogP contribution is -2.49. The van der Waals surface area contributed by atoms with Gasteiger partial charge in [0.1, 0.15) is 6.04 Å². The highest BCUT2D eigenvalue weighted by atomic mass is 16.4. The second-order valence-corrected chi connectivity index (χ2v) is 4.73. The van der Waals surface area contributed by atoms with Crippen molar-refractivity contribution in [3.63, 3.8) is 0 Å². The minimum Gasteiger partial charge on any atom is -0.481 e. The molecule has 0 bridgehead atoms. The molecular formula is C12H21N3O4. The second-order valence-electron chi connectivity index (χ2n) is 4.73.